The van der Waals surface area contributed by atoms with Gasteiger partial charge in [-0.15, -0.1) is 0 Å². The van der Waals surface area contributed by atoms with E-state index in [1.807, 2.05) is 12.1 Å². The van der Waals surface area contributed by atoms with Gasteiger partial charge in [0.1, 0.15) is 0 Å². The van der Waals surface area contributed by atoms with Crippen LogP contribution in [0.5, 0.6) is 0 Å². The van der Waals surface area contributed by atoms with Crippen LogP contribution in [-0.4, -0.2) is 13.4 Å². The van der Waals surface area contributed by atoms with Crippen LogP contribution in [0.2, 0.25) is 0 Å². The maximum atomic E-state index is 8.43. The van der Waals surface area contributed by atoms with Crippen molar-refractivity contribution in [1.29, 1.82) is 0 Å². The number of benzene rings is 5. The lowest BCUT2D eigenvalue weighted by atomic mass is 9.29. The van der Waals surface area contributed by atoms with Crippen LogP contribution in [0.4, 0.5) is 17.1 Å². The third-order valence-corrected chi connectivity index (χ3v) is 12.2. The maximum absolute atomic E-state index is 8.43. The van der Waals surface area contributed by atoms with E-state index < -0.39 is 6.85 Å². The van der Waals surface area contributed by atoms with Crippen molar-refractivity contribution in [1.82, 2.24) is 0 Å². The number of hydrogen-bond donors (Lipinski definition) is 0. The molecule has 0 saturated carbocycles. The fourth-order valence-corrected chi connectivity index (χ4v) is 8.88. The minimum absolute atomic E-state index is 0.0605. The van der Waals surface area contributed by atoms with Crippen LogP contribution in [-0.2, 0) is 0 Å². The van der Waals surface area contributed by atoms with E-state index in [2.05, 4.69) is 124 Å². The molecule has 230 valence electrons. The van der Waals surface area contributed by atoms with Gasteiger partial charge >= 0.3 is 0 Å². The summed E-state index contributed by atoms with van der Waals surface area (Å²) in [5.41, 5.74) is 27.4. The zero-order valence-corrected chi connectivity index (χ0v) is 29.7. The fraction of sp³-hybridized carbons (Fsp3) is 0.302. The molecule has 1 nitrogen and oxygen atoms in total. The van der Waals surface area contributed by atoms with E-state index in [1.165, 1.54) is 105 Å². The van der Waals surface area contributed by atoms with E-state index in [9.17, 15) is 0 Å². The lowest BCUT2D eigenvalue weighted by Crippen LogP contribution is -2.66. The molecular weight excluding hydrogens is 552 g/mol. The molecule has 0 spiro atoms. The maximum Gasteiger partial charge on any atom is 0.247 e. The van der Waals surface area contributed by atoms with Crippen molar-refractivity contribution in [3.05, 3.63) is 121 Å². The van der Waals surface area contributed by atoms with E-state index in [1.54, 1.807) is 0 Å². The highest BCUT2D eigenvalue weighted by atomic mass is 15.2. The first-order chi connectivity index (χ1) is 22.9. The molecule has 3 heteroatoms. The minimum atomic E-state index is -2.21. The molecule has 2 heterocycles. The Morgan fingerprint density at radius 3 is 1.17 bits per heavy atom. The Morgan fingerprint density at radius 1 is 0.413 bits per heavy atom. The summed E-state index contributed by atoms with van der Waals surface area (Å²) in [6.45, 7) is 24.8. The molecule has 0 radical (unpaired) electrons. The predicted octanol–water partition coefficient (Wildman–Crippen LogP) is 6.83. The van der Waals surface area contributed by atoms with Crippen molar-refractivity contribution < 1.29 is 4.11 Å². The Balaban J connectivity index is 1.67. The Bertz CT molecular complexity index is 2200. The molecular formula is C43H47B2N. The van der Waals surface area contributed by atoms with E-state index in [-0.39, 0.29) is 13.4 Å². The Kier molecular flexibility index (Phi) is 6.22. The summed E-state index contributed by atoms with van der Waals surface area (Å²) in [6, 6.07) is 17.6. The van der Waals surface area contributed by atoms with Gasteiger partial charge < -0.3 is 4.90 Å². The molecule has 2 aliphatic rings. The molecule has 0 atom stereocenters. The van der Waals surface area contributed by atoms with Crippen LogP contribution in [0.3, 0.4) is 0 Å². The standard InChI is InChI=1S/C43H47B2N/c1-22-14-16-39-35(18-22)44(41-31(10)27(6)25(4)28(7)32(41)11)37-20-24(3)21-38-43(37)46(39)40-17-15-23(2)19-36(40)45(38)42-33(12)29(8)26(5)30(9)34(42)13/h14-21H,1-13H3/i1D3. The quantitative estimate of drug-likeness (QED) is 0.196. The zero-order valence-electron chi connectivity index (χ0n) is 32.7. The highest BCUT2D eigenvalue weighted by Crippen LogP contribution is 2.39. The number of rotatable bonds is 2. The highest BCUT2D eigenvalue weighted by Gasteiger charge is 2.45. The molecule has 5 aromatic carbocycles. The molecule has 2 aliphatic heterocycles. The predicted molar refractivity (Wildman–Crippen MR) is 205 cm³/mol. The number of aryl methyl sites for hydroxylation is 3. The van der Waals surface area contributed by atoms with Gasteiger partial charge in [0.15, 0.2) is 0 Å². The van der Waals surface area contributed by atoms with Crippen molar-refractivity contribution in [2.24, 2.45) is 0 Å². The van der Waals surface area contributed by atoms with Crippen LogP contribution >= 0.6 is 0 Å². The van der Waals surface area contributed by atoms with Crippen molar-refractivity contribution in [3.8, 4) is 0 Å². The fourth-order valence-electron chi connectivity index (χ4n) is 8.88. The largest absolute Gasteiger partial charge is 0.313 e. The summed E-state index contributed by atoms with van der Waals surface area (Å²) in [7, 11) is 0. The van der Waals surface area contributed by atoms with Crippen LogP contribution in [0.25, 0.3) is 0 Å². The smallest absolute Gasteiger partial charge is 0.247 e. The van der Waals surface area contributed by atoms with Crippen LogP contribution in [0.1, 0.15) is 76.4 Å². The highest BCUT2D eigenvalue weighted by molar-refractivity contribution is 7.02. The molecule has 46 heavy (non-hydrogen) atoms. The number of anilines is 3. The second-order valence-corrected chi connectivity index (χ2v) is 14.4. The lowest BCUT2D eigenvalue weighted by molar-refractivity contribution is 1.19. The number of nitrogens with zero attached hydrogens (tertiary/aromatic N) is 1. The molecule has 0 saturated heterocycles. The first-order valence-electron chi connectivity index (χ1n) is 18.3. The van der Waals surface area contributed by atoms with Crippen LogP contribution < -0.4 is 37.7 Å². The van der Waals surface area contributed by atoms with E-state index >= 15 is 0 Å². The molecule has 0 amide bonds. The van der Waals surface area contributed by atoms with Gasteiger partial charge in [0.25, 0.3) is 0 Å². The van der Waals surface area contributed by atoms with Gasteiger partial charge in [-0.2, -0.15) is 0 Å². The molecule has 0 fully saturated rings. The second kappa shape index (κ2) is 10.5. The average Bonchev–Trinajstić information content (AvgIpc) is 3.05. The molecule has 7 rings (SSSR count). The van der Waals surface area contributed by atoms with Gasteiger partial charge in [0.2, 0.25) is 13.4 Å². The van der Waals surface area contributed by atoms with Crippen molar-refractivity contribution >= 4 is 63.3 Å². The molecule has 0 bridgehead atoms. The summed E-state index contributed by atoms with van der Waals surface area (Å²) < 4.78 is 25.3. The summed E-state index contributed by atoms with van der Waals surface area (Å²) in [6.07, 6.45) is 0. The van der Waals surface area contributed by atoms with E-state index in [0.717, 1.165) is 11.2 Å². The van der Waals surface area contributed by atoms with Crippen LogP contribution in [0.15, 0.2) is 48.5 Å². The summed E-state index contributed by atoms with van der Waals surface area (Å²) in [4.78, 5) is 2.46. The van der Waals surface area contributed by atoms with E-state index in [0.29, 0.717) is 5.56 Å². The van der Waals surface area contributed by atoms with Crippen molar-refractivity contribution in [2.45, 2.75) is 89.9 Å². The van der Waals surface area contributed by atoms with Crippen molar-refractivity contribution in [2.75, 3.05) is 4.90 Å². The van der Waals surface area contributed by atoms with Gasteiger partial charge in [0.05, 0.1) is 0 Å². The summed E-state index contributed by atoms with van der Waals surface area (Å²) in [5, 5.41) is 0. The Labute approximate surface area is 282 Å². The second-order valence-electron chi connectivity index (χ2n) is 14.4. The molecule has 0 N–H and O–H groups in total. The average molecular weight is 602 g/mol. The first kappa shape index (κ1) is 27.2. The van der Waals surface area contributed by atoms with Gasteiger partial charge in [-0.3, -0.25) is 0 Å². The van der Waals surface area contributed by atoms with Gasteiger partial charge in [-0.1, -0.05) is 86.3 Å². The molecule has 5 aromatic rings. The topological polar surface area (TPSA) is 3.24 Å². The number of fused-ring (bicyclic) bond motifs is 4. The Hall–Kier alpha value is -3.97. The van der Waals surface area contributed by atoms with Crippen LogP contribution in [0, 0.1) is 89.9 Å². The molecule has 0 aromatic heterocycles. The van der Waals surface area contributed by atoms with Gasteiger partial charge in [-0.05, 0) is 157 Å². The first-order valence-corrected chi connectivity index (χ1v) is 16.8. The molecule has 0 aliphatic carbocycles. The normalized spacial score (nSPS) is 14.4. The summed E-state index contributed by atoms with van der Waals surface area (Å²) in [5.74, 6) is 0. The van der Waals surface area contributed by atoms with Crippen molar-refractivity contribution in [3.63, 3.8) is 0 Å². The SMILES string of the molecule is [2H]C([2H])([2H])c1ccc2c(c1)B(c1c(C)c(C)c(C)c(C)c1C)c1cc(C)cc3c1N2c1ccc(C)cc1B3c1c(C)c(C)c(C)c(C)c1C. The van der Waals surface area contributed by atoms with Gasteiger partial charge in [0, 0.05) is 21.2 Å². The third kappa shape index (κ3) is 4.09. The minimum Gasteiger partial charge on any atom is -0.313 e. The Morgan fingerprint density at radius 2 is 0.761 bits per heavy atom. The summed E-state index contributed by atoms with van der Waals surface area (Å²) >= 11 is 0. The monoisotopic (exact) mass is 602 g/mol. The zero-order chi connectivity index (χ0) is 35.6. The van der Waals surface area contributed by atoms with E-state index in [4.69, 9.17) is 4.11 Å². The third-order valence-electron chi connectivity index (χ3n) is 12.2. The molecule has 0 unspecified atom stereocenters. The lowest BCUT2D eigenvalue weighted by Gasteiger charge is -2.45. The number of hydrogen-bond acceptors (Lipinski definition) is 1. The van der Waals surface area contributed by atoms with Gasteiger partial charge in [-0.25, -0.2) is 0 Å².